The standard InChI is InChI=1S/C5H5NO2S2/c7-2-1-6-4(8)3-10-5(6)9/h2-3,8H,1H2. The van der Waals surface area contributed by atoms with Gasteiger partial charge in [-0.15, -0.1) is 11.3 Å². The molecule has 10 heavy (non-hydrogen) atoms. The maximum atomic E-state index is 10.0. The first kappa shape index (κ1) is 7.43. The maximum Gasteiger partial charge on any atom is 0.203 e. The van der Waals surface area contributed by atoms with Crippen molar-refractivity contribution in [1.29, 1.82) is 0 Å². The van der Waals surface area contributed by atoms with Crippen molar-refractivity contribution in [3.05, 3.63) is 9.33 Å². The van der Waals surface area contributed by atoms with E-state index in [1.807, 2.05) is 0 Å². The lowest BCUT2D eigenvalue weighted by Gasteiger charge is -1.94. The van der Waals surface area contributed by atoms with Crippen LogP contribution in [0.15, 0.2) is 5.38 Å². The lowest BCUT2D eigenvalue weighted by molar-refractivity contribution is -0.108. The van der Waals surface area contributed by atoms with E-state index in [0.29, 0.717) is 10.2 Å². The minimum atomic E-state index is 0.0575. The Morgan fingerprint density at radius 1 is 1.90 bits per heavy atom. The van der Waals surface area contributed by atoms with Gasteiger partial charge >= 0.3 is 0 Å². The van der Waals surface area contributed by atoms with Crippen LogP contribution in [0.3, 0.4) is 0 Å². The first-order chi connectivity index (χ1) is 4.75. The molecule has 54 valence electrons. The normalized spacial score (nSPS) is 9.60. The van der Waals surface area contributed by atoms with Gasteiger partial charge in [-0.1, -0.05) is 0 Å². The average molecular weight is 175 g/mol. The fraction of sp³-hybridized carbons (Fsp3) is 0.200. The second-order valence-electron chi connectivity index (χ2n) is 1.64. The molecule has 0 amide bonds. The number of hydrogen-bond donors (Lipinski definition) is 1. The molecule has 0 radical (unpaired) electrons. The Morgan fingerprint density at radius 3 is 3.00 bits per heavy atom. The van der Waals surface area contributed by atoms with Gasteiger partial charge in [0.1, 0.15) is 6.29 Å². The molecule has 0 aliphatic heterocycles. The summed E-state index contributed by atoms with van der Waals surface area (Å²) in [5.74, 6) is 0.0575. The SMILES string of the molecule is O=CCn1c(O)csc1=S. The molecule has 5 heteroatoms. The molecule has 1 N–H and O–H groups in total. The summed E-state index contributed by atoms with van der Waals surface area (Å²) in [6.45, 7) is 0.133. The molecule has 1 rings (SSSR count). The first-order valence-electron chi connectivity index (χ1n) is 2.56. The number of thiazole rings is 1. The summed E-state index contributed by atoms with van der Waals surface area (Å²) in [4.78, 5) is 10.0. The van der Waals surface area contributed by atoms with Crippen LogP contribution in [-0.4, -0.2) is 16.0 Å². The summed E-state index contributed by atoms with van der Waals surface area (Å²) in [6.07, 6.45) is 0.697. The van der Waals surface area contributed by atoms with Gasteiger partial charge in [-0.3, -0.25) is 4.57 Å². The number of aldehydes is 1. The van der Waals surface area contributed by atoms with E-state index in [0.717, 1.165) is 0 Å². The molecule has 0 aliphatic carbocycles. The summed E-state index contributed by atoms with van der Waals surface area (Å²) in [5.41, 5.74) is 0. The van der Waals surface area contributed by atoms with Crippen molar-refractivity contribution in [2.24, 2.45) is 0 Å². The minimum Gasteiger partial charge on any atom is -0.494 e. The lowest BCUT2D eigenvalue weighted by Crippen LogP contribution is -1.96. The van der Waals surface area contributed by atoms with Crippen molar-refractivity contribution >= 4 is 29.8 Å². The second-order valence-corrected chi connectivity index (χ2v) is 3.14. The van der Waals surface area contributed by atoms with Crippen LogP contribution in [0.5, 0.6) is 5.88 Å². The predicted octanol–water partition coefficient (Wildman–Crippen LogP) is 1.18. The third kappa shape index (κ3) is 1.25. The maximum absolute atomic E-state index is 10.0. The molecule has 0 aliphatic rings. The van der Waals surface area contributed by atoms with Gasteiger partial charge < -0.3 is 9.90 Å². The smallest absolute Gasteiger partial charge is 0.203 e. The Balaban J connectivity index is 3.10. The van der Waals surface area contributed by atoms with Gasteiger partial charge in [-0.05, 0) is 12.2 Å². The van der Waals surface area contributed by atoms with E-state index >= 15 is 0 Å². The summed E-state index contributed by atoms with van der Waals surface area (Å²) in [6, 6.07) is 0. The number of carbonyl (C=O) groups is 1. The molecule has 0 saturated heterocycles. The zero-order valence-electron chi connectivity index (χ0n) is 4.98. The number of rotatable bonds is 2. The molecule has 0 unspecified atom stereocenters. The average Bonchev–Trinajstić information content (AvgIpc) is 2.20. The van der Waals surface area contributed by atoms with Crippen molar-refractivity contribution in [1.82, 2.24) is 4.57 Å². The van der Waals surface area contributed by atoms with E-state index in [1.165, 1.54) is 21.3 Å². The third-order valence-corrected chi connectivity index (χ3v) is 2.28. The molecule has 0 saturated carbocycles. The van der Waals surface area contributed by atoms with Crippen LogP contribution in [0.25, 0.3) is 0 Å². The van der Waals surface area contributed by atoms with Crippen molar-refractivity contribution in [2.75, 3.05) is 0 Å². The van der Waals surface area contributed by atoms with Gasteiger partial charge in [-0.2, -0.15) is 0 Å². The Bertz CT molecular complexity index is 288. The van der Waals surface area contributed by atoms with Gasteiger partial charge in [-0.25, -0.2) is 0 Å². The third-order valence-electron chi connectivity index (χ3n) is 1.02. The monoisotopic (exact) mass is 175 g/mol. The predicted molar refractivity (Wildman–Crippen MR) is 40.9 cm³/mol. The van der Waals surface area contributed by atoms with E-state index in [1.54, 1.807) is 0 Å². The van der Waals surface area contributed by atoms with Gasteiger partial charge in [0.05, 0.1) is 11.9 Å². The number of aromatic nitrogens is 1. The highest BCUT2D eigenvalue weighted by atomic mass is 32.1. The Labute approximate surface area is 66.5 Å². The molecule has 1 aromatic rings. The Morgan fingerprint density at radius 2 is 2.60 bits per heavy atom. The second kappa shape index (κ2) is 2.94. The highest BCUT2D eigenvalue weighted by Crippen LogP contribution is 2.15. The van der Waals surface area contributed by atoms with E-state index in [4.69, 9.17) is 17.3 Å². The fourth-order valence-corrected chi connectivity index (χ4v) is 1.51. The van der Waals surface area contributed by atoms with Crippen LogP contribution >= 0.6 is 23.6 Å². The first-order valence-corrected chi connectivity index (χ1v) is 3.85. The highest BCUT2D eigenvalue weighted by Gasteiger charge is 1.98. The molecule has 0 spiro atoms. The largest absolute Gasteiger partial charge is 0.494 e. The molecular weight excluding hydrogens is 170 g/mol. The van der Waals surface area contributed by atoms with Crippen molar-refractivity contribution in [3.8, 4) is 5.88 Å². The number of carbonyl (C=O) groups excluding carboxylic acids is 1. The van der Waals surface area contributed by atoms with Gasteiger partial charge in [0, 0.05) is 0 Å². The quantitative estimate of drug-likeness (QED) is 0.542. The molecular formula is C5H5NO2S2. The van der Waals surface area contributed by atoms with Gasteiger partial charge in [0.25, 0.3) is 0 Å². The molecule has 3 nitrogen and oxygen atoms in total. The Kier molecular flexibility index (Phi) is 2.18. The number of nitrogens with zero attached hydrogens (tertiary/aromatic N) is 1. The van der Waals surface area contributed by atoms with Crippen LogP contribution in [0, 0.1) is 3.95 Å². The van der Waals surface area contributed by atoms with Crippen LogP contribution < -0.4 is 0 Å². The Hall–Kier alpha value is -0.680. The topological polar surface area (TPSA) is 42.2 Å². The van der Waals surface area contributed by atoms with E-state index in [-0.39, 0.29) is 12.4 Å². The van der Waals surface area contributed by atoms with Crippen LogP contribution in [0.2, 0.25) is 0 Å². The van der Waals surface area contributed by atoms with Gasteiger partial charge in [0.15, 0.2) is 3.95 Å². The molecule has 0 aromatic carbocycles. The van der Waals surface area contributed by atoms with E-state index in [2.05, 4.69) is 0 Å². The fourth-order valence-electron chi connectivity index (χ4n) is 0.566. The van der Waals surface area contributed by atoms with Crippen molar-refractivity contribution in [2.45, 2.75) is 6.54 Å². The number of aromatic hydroxyl groups is 1. The summed E-state index contributed by atoms with van der Waals surface area (Å²) < 4.78 is 1.89. The van der Waals surface area contributed by atoms with Gasteiger partial charge in [0.2, 0.25) is 5.88 Å². The molecule has 0 bridgehead atoms. The lowest BCUT2D eigenvalue weighted by atomic mass is 10.7. The molecule has 0 fully saturated rings. The number of hydrogen-bond acceptors (Lipinski definition) is 4. The van der Waals surface area contributed by atoms with E-state index in [9.17, 15) is 4.79 Å². The highest BCUT2D eigenvalue weighted by molar-refractivity contribution is 7.73. The zero-order chi connectivity index (χ0) is 7.56. The zero-order valence-corrected chi connectivity index (χ0v) is 6.61. The molecule has 1 heterocycles. The van der Waals surface area contributed by atoms with E-state index < -0.39 is 0 Å². The molecule has 1 aromatic heterocycles. The van der Waals surface area contributed by atoms with Crippen LogP contribution in [0.1, 0.15) is 0 Å². The van der Waals surface area contributed by atoms with Crippen LogP contribution in [-0.2, 0) is 11.3 Å². The molecule has 0 atom stereocenters. The minimum absolute atomic E-state index is 0.0575. The summed E-state index contributed by atoms with van der Waals surface area (Å²) in [7, 11) is 0. The van der Waals surface area contributed by atoms with Crippen molar-refractivity contribution < 1.29 is 9.90 Å². The summed E-state index contributed by atoms with van der Waals surface area (Å²) in [5, 5.41) is 10.5. The van der Waals surface area contributed by atoms with Crippen molar-refractivity contribution in [3.63, 3.8) is 0 Å². The summed E-state index contributed by atoms with van der Waals surface area (Å²) >= 11 is 6.04. The van der Waals surface area contributed by atoms with Crippen LogP contribution in [0.4, 0.5) is 0 Å².